The molecule has 0 saturated carbocycles. The molecule has 0 radical (unpaired) electrons. The molecule has 2 rings (SSSR count). The first-order valence-electron chi connectivity index (χ1n) is 5.31. The van der Waals surface area contributed by atoms with Crippen molar-refractivity contribution in [2.75, 3.05) is 0 Å². The summed E-state index contributed by atoms with van der Waals surface area (Å²) in [6.07, 6.45) is 0. The van der Waals surface area contributed by atoms with Gasteiger partial charge < -0.3 is 4.74 Å². The average Bonchev–Trinajstić information content (AvgIpc) is 2.33. The van der Waals surface area contributed by atoms with E-state index in [1.54, 1.807) is 0 Å². The minimum Gasteiger partial charge on any atom is -0.372 e. The second-order valence-electron chi connectivity index (χ2n) is 3.71. The highest BCUT2D eigenvalue weighted by atomic mass is 19.1. The zero-order valence-corrected chi connectivity index (χ0v) is 9.20. The quantitative estimate of drug-likeness (QED) is 0.784. The molecule has 88 valence electrons. The van der Waals surface area contributed by atoms with Crippen LogP contribution in [0.2, 0.25) is 0 Å². The molecule has 0 aliphatic heterocycles. The molecule has 0 bridgehead atoms. The van der Waals surface area contributed by atoms with Gasteiger partial charge in [0.15, 0.2) is 0 Å². The molecule has 2 aromatic rings. The number of halogens is 2. The minimum absolute atomic E-state index is 0.140. The standard InChI is InChI=1S/C14H12F2O/c15-13-7-6-12(14(16)8-13)10-17-9-11-4-2-1-3-5-11/h1-8H,9-10H2. The molecule has 0 spiro atoms. The molecule has 0 heterocycles. The van der Waals surface area contributed by atoms with Crippen LogP contribution < -0.4 is 0 Å². The SMILES string of the molecule is Fc1ccc(COCc2ccccc2)c(F)c1. The fourth-order valence-corrected chi connectivity index (χ4v) is 1.49. The Bertz CT molecular complexity index is 483. The summed E-state index contributed by atoms with van der Waals surface area (Å²) in [7, 11) is 0. The lowest BCUT2D eigenvalue weighted by molar-refractivity contribution is 0.105. The smallest absolute Gasteiger partial charge is 0.131 e. The highest BCUT2D eigenvalue weighted by Gasteiger charge is 2.03. The van der Waals surface area contributed by atoms with Gasteiger partial charge in [-0.1, -0.05) is 36.4 Å². The molecule has 0 unspecified atom stereocenters. The van der Waals surface area contributed by atoms with Crippen LogP contribution in [0.15, 0.2) is 48.5 Å². The largest absolute Gasteiger partial charge is 0.372 e. The van der Waals surface area contributed by atoms with Crippen LogP contribution in [0.5, 0.6) is 0 Å². The maximum Gasteiger partial charge on any atom is 0.131 e. The van der Waals surface area contributed by atoms with Gasteiger partial charge in [-0.15, -0.1) is 0 Å². The Hall–Kier alpha value is -1.74. The van der Waals surface area contributed by atoms with Crippen LogP contribution in [0.3, 0.4) is 0 Å². The zero-order valence-electron chi connectivity index (χ0n) is 9.20. The van der Waals surface area contributed by atoms with Gasteiger partial charge in [0.1, 0.15) is 11.6 Å². The summed E-state index contributed by atoms with van der Waals surface area (Å²) in [6, 6.07) is 13.1. The molecule has 0 atom stereocenters. The van der Waals surface area contributed by atoms with Crippen LogP contribution in [0, 0.1) is 11.6 Å². The van der Waals surface area contributed by atoms with Gasteiger partial charge in [-0.3, -0.25) is 0 Å². The van der Waals surface area contributed by atoms with E-state index < -0.39 is 11.6 Å². The molecular weight excluding hydrogens is 222 g/mol. The van der Waals surface area contributed by atoms with Gasteiger partial charge in [-0.2, -0.15) is 0 Å². The first kappa shape index (κ1) is 11.7. The lowest BCUT2D eigenvalue weighted by Crippen LogP contribution is -1.97. The predicted molar refractivity (Wildman–Crippen MR) is 61.3 cm³/mol. The van der Waals surface area contributed by atoms with E-state index in [1.807, 2.05) is 30.3 Å². The Kier molecular flexibility index (Phi) is 3.83. The molecule has 0 aromatic heterocycles. The van der Waals surface area contributed by atoms with Crippen LogP contribution in [0.1, 0.15) is 11.1 Å². The highest BCUT2D eigenvalue weighted by Crippen LogP contribution is 2.11. The number of ether oxygens (including phenoxy) is 1. The van der Waals surface area contributed by atoms with E-state index in [0.29, 0.717) is 12.2 Å². The maximum atomic E-state index is 13.3. The van der Waals surface area contributed by atoms with Crippen molar-refractivity contribution in [3.05, 3.63) is 71.3 Å². The normalized spacial score (nSPS) is 10.5. The van der Waals surface area contributed by atoms with Gasteiger partial charge >= 0.3 is 0 Å². The van der Waals surface area contributed by atoms with Gasteiger partial charge in [0.2, 0.25) is 0 Å². The predicted octanol–water partition coefficient (Wildman–Crippen LogP) is 3.68. The van der Waals surface area contributed by atoms with Crippen molar-refractivity contribution in [2.45, 2.75) is 13.2 Å². The van der Waals surface area contributed by atoms with Crippen molar-refractivity contribution in [3.63, 3.8) is 0 Å². The molecule has 0 N–H and O–H groups in total. The second-order valence-corrected chi connectivity index (χ2v) is 3.71. The Balaban J connectivity index is 1.90. The minimum atomic E-state index is -0.575. The van der Waals surface area contributed by atoms with Crippen molar-refractivity contribution >= 4 is 0 Å². The molecule has 17 heavy (non-hydrogen) atoms. The van der Waals surface area contributed by atoms with Gasteiger partial charge in [0, 0.05) is 11.6 Å². The van der Waals surface area contributed by atoms with E-state index in [0.717, 1.165) is 11.6 Å². The van der Waals surface area contributed by atoms with E-state index in [-0.39, 0.29) is 6.61 Å². The van der Waals surface area contributed by atoms with Crippen LogP contribution in [-0.2, 0) is 18.0 Å². The van der Waals surface area contributed by atoms with E-state index in [1.165, 1.54) is 12.1 Å². The summed E-state index contributed by atoms with van der Waals surface area (Å²) in [4.78, 5) is 0. The molecule has 3 heteroatoms. The lowest BCUT2D eigenvalue weighted by atomic mass is 10.2. The average molecular weight is 234 g/mol. The molecule has 0 aliphatic rings. The molecule has 0 amide bonds. The maximum absolute atomic E-state index is 13.3. The third kappa shape index (κ3) is 3.36. The second kappa shape index (κ2) is 5.55. The highest BCUT2D eigenvalue weighted by molar-refractivity contribution is 5.18. The Morgan fingerprint density at radius 3 is 2.35 bits per heavy atom. The Morgan fingerprint density at radius 2 is 1.65 bits per heavy atom. The van der Waals surface area contributed by atoms with Crippen molar-refractivity contribution in [3.8, 4) is 0 Å². The van der Waals surface area contributed by atoms with Crippen LogP contribution in [-0.4, -0.2) is 0 Å². The van der Waals surface area contributed by atoms with E-state index in [4.69, 9.17) is 4.74 Å². The summed E-state index contributed by atoms with van der Waals surface area (Å²) in [6.45, 7) is 0.554. The molecule has 0 aliphatic carbocycles. The van der Waals surface area contributed by atoms with Crippen molar-refractivity contribution in [2.24, 2.45) is 0 Å². The van der Waals surface area contributed by atoms with Crippen molar-refractivity contribution in [1.82, 2.24) is 0 Å². The fourth-order valence-electron chi connectivity index (χ4n) is 1.49. The van der Waals surface area contributed by atoms with Crippen LogP contribution in [0.4, 0.5) is 8.78 Å². The third-order valence-corrected chi connectivity index (χ3v) is 2.38. The van der Waals surface area contributed by atoms with E-state index in [9.17, 15) is 8.78 Å². The Labute approximate surface area is 98.7 Å². The molecule has 2 aromatic carbocycles. The van der Waals surface area contributed by atoms with E-state index >= 15 is 0 Å². The van der Waals surface area contributed by atoms with Gasteiger partial charge in [-0.25, -0.2) is 8.78 Å². The summed E-state index contributed by atoms with van der Waals surface area (Å²) in [5.74, 6) is -1.15. The lowest BCUT2D eigenvalue weighted by Gasteiger charge is -2.05. The molecule has 1 nitrogen and oxygen atoms in total. The monoisotopic (exact) mass is 234 g/mol. The third-order valence-electron chi connectivity index (χ3n) is 2.38. The van der Waals surface area contributed by atoms with E-state index in [2.05, 4.69) is 0 Å². The van der Waals surface area contributed by atoms with Crippen LogP contribution in [0.25, 0.3) is 0 Å². The number of hydrogen-bond acceptors (Lipinski definition) is 1. The van der Waals surface area contributed by atoms with Crippen molar-refractivity contribution in [1.29, 1.82) is 0 Å². The topological polar surface area (TPSA) is 9.23 Å². The van der Waals surface area contributed by atoms with Crippen molar-refractivity contribution < 1.29 is 13.5 Å². The first-order chi connectivity index (χ1) is 8.25. The van der Waals surface area contributed by atoms with Gasteiger partial charge in [0.05, 0.1) is 13.2 Å². The summed E-state index contributed by atoms with van der Waals surface area (Å²) in [5.41, 5.74) is 1.39. The fraction of sp³-hybridized carbons (Fsp3) is 0.143. The first-order valence-corrected chi connectivity index (χ1v) is 5.31. The Morgan fingerprint density at radius 1 is 0.882 bits per heavy atom. The molecule has 0 saturated heterocycles. The van der Waals surface area contributed by atoms with Crippen LogP contribution >= 0.6 is 0 Å². The number of rotatable bonds is 4. The molecular formula is C14H12F2O. The summed E-state index contributed by atoms with van der Waals surface area (Å²) in [5, 5.41) is 0. The zero-order chi connectivity index (χ0) is 12.1. The number of benzene rings is 2. The van der Waals surface area contributed by atoms with Gasteiger partial charge in [-0.05, 0) is 11.6 Å². The molecule has 0 fully saturated rings. The summed E-state index contributed by atoms with van der Waals surface area (Å²) < 4.78 is 31.3. The van der Waals surface area contributed by atoms with Gasteiger partial charge in [0.25, 0.3) is 0 Å². The number of hydrogen-bond donors (Lipinski definition) is 0. The summed E-state index contributed by atoms with van der Waals surface area (Å²) >= 11 is 0.